The normalized spacial score (nSPS) is 11.6. The van der Waals surface area contributed by atoms with Crippen LogP contribution >= 0.6 is 0 Å². The van der Waals surface area contributed by atoms with Gasteiger partial charge in [0.2, 0.25) is 5.82 Å². The van der Waals surface area contributed by atoms with Gasteiger partial charge in [-0.3, -0.25) is 4.79 Å². The SMILES string of the molecule is O=C(C=C(O)c1nn[nH]n1)c1cn(Cc2cccc(F)c2)cc1CCc1ccccc1. The van der Waals surface area contributed by atoms with Crippen molar-refractivity contribution in [3.63, 3.8) is 0 Å². The summed E-state index contributed by atoms with van der Waals surface area (Å²) in [6, 6.07) is 16.3. The summed E-state index contributed by atoms with van der Waals surface area (Å²) in [5.41, 5.74) is 3.24. The van der Waals surface area contributed by atoms with Crippen molar-refractivity contribution in [2.45, 2.75) is 19.4 Å². The molecule has 156 valence electrons. The number of benzene rings is 2. The molecule has 4 aromatic rings. The van der Waals surface area contributed by atoms with E-state index in [2.05, 4.69) is 20.6 Å². The minimum Gasteiger partial charge on any atom is -0.504 e. The van der Waals surface area contributed by atoms with Crippen molar-refractivity contribution < 1.29 is 14.3 Å². The number of aromatic amines is 1. The Morgan fingerprint density at radius 1 is 1.06 bits per heavy atom. The molecule has 7 nitrogen and oxygen atoms in total. The van der Waals surface area contributed by atoms with Crippen molar-refractivity contribution in [2.24, 2.45) is 0 Å². The van der Waals surface area contributed by atoms with Gasteiger partial charge in [0.25, 0.3) is 0 Å². The number of halogens is 1. The van der Waals surface area contributed by atoms with Gasteiger partial charge in [0.1, 0.15) is 5.82 Å². The summed E-state index contributed by atoms with van der Waals surface area (Å²) < 4.78 is 15.4. The third kappa shape index (κ3) is 5.11. The molecule has 8 heteroatoms. The predicted molar refractivity (Wildman–Crippen MR) is 113 cm³/mol. The quantitative estimate of drug-likeness (QED) is 0.259. The van der Waals surface area contributed by atoms with E-state index in [9.17, 15) is 14.3 Å². The van der Waals surface area contributed by atoms with E-state index in [-0.39, 0.29) is 23.2 Å². The summed E-state index contributed by atoms with van der Waals surface area (Å²) in [6.07, 6.45) is 6.08. The molecule has 2 aromatic carbocycles. The first-order valence-corrected chi connectivity index (χ1v) is 9.74. The van der Waals surface area contributed by atoms with Crippen LogP contribution in [0.15, 0.2) is 73.1 Å². The van der Waals surface area contributed by atoms with Crippen molar-refractivity contribution in [3.8, 4) is 0 Å². The molecular weight excluding hydrogens is 397 g/mol. The zero-order chi connectivity index (χ0) is 21.6. The molecule has 2 N–H and O–H groups in total. The van der Waals surface area contributed by atoms with Crippen LogP contribution in [0.5, 0.6) is 0 Å². The standard InChI is InChI=1S/C23H20FN5O2/c24-19-8-4-7-17(11-19)13-29-14-18(10-9-16-5-2-1-3-6-16)20(15-29)21(30)12-22(31)23-25-27-28-26-23/h1-8,11-12,14-15,31H,9-10,13H2,(H,25,26,27,28). The largest absolute Gasteiger partial charge is 0.504 e. The highest BCUT2D eigenvalue weighted by Gasteiger charge is 2.16. The highest BCUT2D eigenvalue weighted by atomic mass is 19.1. The number of nitrogens with one attached hydrogen (secondary N) is 1. The van der Waals surface area contributed by atoms with Gasteiger partial charge in [0, 0.05) is 30.6 Å². The number of allylic oxidation sites excluding steroid dienone is 1. The van der Waals surface area contributed by atoms with Gasteiger partial charge < -0.3 is 9.67 Å². The van der Waals surface area contributed by atoms with Crippen LogP contribution in [0.3, 0.4) is 0 Å². The number of aryl methyl sites for hydroxylation is 2. The molecule has 31 heavy (non-hydrogen) atoms. The number of carbonyl (C=O) groups is 1. The van der Waals surface area contributed by atoms with E-state index in [1.807, 2.05) is 47.2 Å². The molecular formula is C23H20FN5O2. The molecule has 0 aliphatic carbocycles. The topological polar surface area (TPSA) is 96.7 Å². The Labute approximate surface area is 177 Å². The van der Waals surface area contributed by atoms with Crippen molar-refractivity contribution in [2.75, 3.05) is 0 Å². The first kappa shape index (κ1) is 20.2. The zero-order valence-electron chi connectivity index (χ0n) is 16.6. The fourth-order valence-corrected chi connectivity index (χ4v) is 3.37. The van der Waals surface area contributed by atoms with Crippen LogP contribution in [-0.2, 0) is 19.4 Å². The summed E-state index contributed by atoms with van der Waals surface area (Å²) >= 11 is 0. The maximum atomic E-state index is 13.6. The molecule has 0 aliphatic rings. The van der Waals surface area contributed by atoms with Crippen LogP contribution in [0.2, 0.25) is 0 Å². The first-order valence-electron chi connectivity index (χ1n) is 9.74. The lowest BCUT2D eigenvalue weighted by atomic mass is 10.0. The van der Waals surface area contributed by atoms with E-state index in [0.29, 0.717) is 18.5 Å². The van der Waals surface area contributed by atoms with Crippen LogP contribution in [0.4, 0.5) is 4.39 Å². The van der Waals surface area contributed by atoms with Crippen molar-refractivity contribution in [1.29, 1.82) is 0 Å². The second-order valence-corrected chi connectivity index (χ2v) is 7.11. The second-order valence-electron chi connectivity index (χ2n) is 7.11. The number of aromatic nitrogens is 5. The van der Waals surface area contributed by atoms with Crippen LogP contribution in [-0.4, -0.2) is 36.1 Å². The zero-order valence-corrected chi connectivity index (χ0v) is 16.6. The molecule has 0 spiro atoms. The maximum absolute atomic E-state index is 13.6. The minimum absolute atomic E-state index is 0.0571. The number of hydrogen-bond donors (Lipinski definition) is 2. The lowest BCUT2D eigenvalue weighted by Gasteiger charge is -2.03. The molecule has 0 aliphatic heterocycles. The Morgan fingerprint density at radius 2 is 1.87 bits per heavy atom. The number of nitrogens with zero attached hydrogens (tertiary/aromatic N) is 4. The Bertz CT molecular complexity index is 1200. The lowest BCUT2D eigenvalue weighted by molar-refractivity contribution is 0.104. The number of rotatable bonds is 8. The molecule has 2 aromatic heterocycles. The third-order valence-corrected chi connectivity index (χ3v) is 4.85. The van der Waals surface area contributed by atoms with Gasteiger partial charge in [0.15, 0.2) is 11.5 Å². The Morgan fingerprint density at radius 3 is 2.61 bits per heavy atom. The molecule has 0 radical (unpaired) electrons. The summed E-state index contributed by atoms with van der Waals surface area (Å²) in [7, 11) is 0. The van der Waals surface area contributed by atoms with Crippen molar-refractivity contribution in [1.82, 2.24) is 25.2 Å². The molecule has 0 atom stereocenters. The van der Waals surface area contributed by atoms with Crippen molar-refractivity contribution >= 4 is 11.5 Å². The average molecular weight is 417 g/mol. The first-order chi connectivity index (χ1) is 15.1. The number of ketones is 1. The van der Waals surface area contributed by atoms with Crippen LogP contribution in [0.1, 0.15) is 32.9 Å². The van der Waals surface area contributed by atoms with E-state index in [1.165, 1.54) is 12.1 Å². The monoisotopic (exact) mass is 417 g/mol. The minimum atomic E-state index is -0.372. The Kier molecular flexibility index (Phi) is 5.98. The molecule has 0 bridgehead atoms. The predicted octanol–water partition coefficient (Wildman–Crippen LogP) is 3.76. The van der Waals surface area contributed by atoms with E-state index >= 15 is 0 Å². The summed E-state index contributed by atoms with van der Waals surface area (Å²) in [5, 5.41) is 23.1. The maximum Gasteiger partial charge on any atom is 0.239 e. The van der Waals surface area contributed by atoms with Gasteiger partial charge in [-0.15, -0.1) is 10.2 Å². The van der Waals surface area contributed by atoms with Gasteiger partial charge >= 0.3 is 0 Å². The molecule has 0 saturated heterocycles. The van der Waals surface area contributed by atoms with Gasteiger partial charge in [-0.2, -0.15) is 5.21 Å². The highest BCUT2D eigenvalue weighted by Crippen LogP contribution is 2.19. The third-order valence-electron chi connectivity index (χ3n) is 4.85. The van der Waals surface area contributed by atoms with Crippen LogP contribution < -0.4 is 0 Å². The molecule has 2 heterocycles. The van der Waals surface area contributed by atoms with Crippen LogP contribution in [0.25, 0.3) is 5.76 Å². The fraction of sp³-hybridized carbons (Fsp3) is 0.130. The number of hydrogen-bond acceptors (Lipinski definition) is 5. The average Bonchev–Trinajstić information content (AvgIpc) is 3.43. The Balaban J connectivity index is 1.61. The number of tetrazole rings is 1. The van der Waals surface area contributed by atoms with E-state index in [4.69, 9.17) is 0 Å². The number of carbonyl (C=O) groups excluding carboxylic acids is 1. The number of aliphatic hydroxyl groups excluding tert-OH is 1. The molecule has 0 amide bonds. The van der Waals surface area contributed by atoms with E-state index in [0.717, 1.165) is 29.2 Å². The van der Waals surface area contributed by atoms with Gasteiger partial charge in [-0.05, 0) is 46.9 Å². The van der Waals surface area contributed by atoms with Gasteiger partial charge in [-0.25, -0.2) is 4.39 Å². The lowest BCUT2D eigenvalue weighted by Crippen LogP contribution is -2.01. The van der Waals surface area contributed by atoms with Crippen molar-refractivity contribution in [3.05, 3.63) is 107 Å². The summed E-state index contributed by atoms with van der Waals surface area (Å²) in [4.78, 5) is 12.9. The molecule has 0 saturated carbocycles. The fourth-order valence-electron chi connectivity index (χ4n) is 3.37. The molecule has 4 rings (SSSR count). The molecule has 0 fully saturated rings. The summed E-state index contributed by atoms with van der Waals surface area (Å²) in [5.74, 6) is -1.11. The molecule has 0 unspecified atom stereocenters. The van der Waals surface area contributed by atoms with Gasteiger partial charge in [0.05, 0.1) is 0 Å². The van der Waals surface area contributed by atoms with Crippen LogP contribution in [0, 0.1) is 5.82 Å². The van der Waals surface area contributed by atoms with E-state index in [1.54, 1.807) is 12.3 Å². The smallest absolute Gasteiger partial charge is 0.239 e. The second kappa shape index (κ2) is 9.17. The van der Waals surface area contributed by atoms with E-state index < -0.39 is 0 Å². The van der Waals surface area contributed by atoms with Gasteiger partial charge in [-0.1, -0.05) is 42.5 Å². The highest BCUT2D eigenvalue weighted by molar-refractivity contribution is 6.08. The number of H-pyrrole nitrogens is 1. The summed E-state index contributed by atoms with van der Waals surface area (Å²) in [6.45, 7) is 0.421. The Hall–Kier alpha value is -4.07. The number of aliphatic hydroxyl groups is 1.